The van der Waals surface area contributed by atoms with Gasteiger partial charge >= 0.3 is 0 Å². The Labute approximate surface area is 109 Å². The standard InChI is InChI=1S/C17H20O/c1-2-3-7-13-18-17-12-8-11-16(14-17)15-9-5-4-6-10-15/h4-6,8-12,14H,2-3,7,13H2,1H3. The first-order valence-electron chi connectivity index (χ1n) is 6.68. The first-order valence-corrected chi connectivity index (χ1v) is 6.68. The molecule has 0 unspecified atom stereocenters. The first kappa shape index (κ1) is 12.7. The second-order valence-corrected chi connectivity index (χ2v) is 4.45. The molecular weight excluding hydrogens is 220 g/mol. The van der Waals surface area contributed by atoms with Crippen molar-refractivity contribution in [2.75, 3.05) is 6.61 Å². The number of hydrogen-bond acceptors (Lipinski definition) is 1. The summed E-state index contributed by atoms with van der Waals surface area (Å²) in [6.45, 7) is 3.02. The highest BCUT2D eigenvalue weighted by Gasteiger charge is 1.99. The second kappa shape index (κ2) is 6.85. The molecule has 0 heterocycles. The molecule has 0 atom stereocenters. The third-order valence-corrected chi connectivity index (χ3v) is 2.96. The Bertz CT molecular complexity index is 462. The highest BCUT2D eigenvalue weighted by Crippen LogP contribution is 2.23. The molecule has 1 nitrogen and oxygen atoms in total. The summed E-state index contributed by atoms with van der Waals surface area (Å²) in [5.41, 5.74) is 2.44. The number of unbranched alkanes of at least 4 members (excludes halogenated alkanes) is 2. The van der Waals surface area contributed by atoms with E-state index in [4.69, 9.17) is 4.74 Å². The number of rotatable bonds is 6. The van der Waals surface area contributed by atoms with E-state index in [-0.39, 0.29) is 0 Å². The van der Waals surface area contributed by atoms with Gasteiger partial charge in [-0.05, 0) is 29.7 Å². The average Bonchev–Trinajstić information content (AvgIpc) is 2.45. The molecule has 2 aromatic carbocycles. The summed E-state index contributed by atoms with van der Waals surface area (Å²) in [4.78, 5) is 0. The van der Waals surface area contributed by atoms with E-state index in [1.807, 2.05) is 12.1 Å². The van der Waals surface area contributed by atoms with Crippen LogP contribution in [0.15, 0.2) is 54.6 Å². The van der Waals surface area contributed by atoms with Crippen LogP contribution in [0.5, 0.6) is 5.75 Å². The lowest BCUT2D eigenvalue weighted by molar-refractivity contribution is 0.306. The summed E-state index contributed by atoms with van der Waals surface area (Å²) in [5, 5.41) is 0. The minimum Gasteiger partial charge on any atom is -0.494 e. The van der Waals surface area contributed by atoms with Crippen LogP contribution < -0.4 is 4.74 Å². The van der Waals surface area contributed by atoms with Crippen LogP contribution >= 0.6 is 0 Å². The Morgan fingerprint density at radius 1 is 0.833 bits per heavy atom. The third kappa shape index (κ3) is 3.63. The van der Waals surface area contributed by atoms with Crippen LogP contribution in [-0.2, 0) is 0 Å². The summed E-state index contributed by atoms with van der Waals surface area (Å²) in [6, 6.07) is 18.7. The van der Waals surface area contributed by atoms with Crippen molar-refractivity contribution in [1.29, 1.82) is 0 Å². The van der Waals surface area contributed by atoms with Gasteiger partial charge in [0.05, 0.1) is 6.61 Å². The van der Waals surface area contributed by atoms with Gasteiger partial charge in [0, 0.05) is 0 Å². The quantitative estimate of drug-likeness (QED) is 0.651. The van der Waals surface area contributed by atoms with E-state index in [1.165, 1.54) is 24.0 Å². The highest BCUT2D eigenvalue weighted by molar-refractivity contribution is 5.64. The van der Waals surface area contributed by atoms with Gasteiger partial charge in [-0.2, -0.15) is 0 Å². The SMILES string of the molecule is CCCCCOc1cccc(-c2ccccc2)c1. The summed E-state index contributed by atoms with van der Waals surface area (Å²) in [6.07, 6.45) is 3.60. The lowest BCUT2D eigenvalue weighted by atomic mass is 10.1. The zero-order valence-electron chi connectivity index (χ0n) is 10.9. The monoisotopic (exact) mass is 240 g/mol. The molecule has 0 spiro atoms. The van der Waals surface area contributed by atoms with Crippen LogP contribution in [0.25, 0.3) is 11.1 Å². The maximum absolute atomic E-state index is 5.77. The molecule has 94 valence electrons. The fraction of sp³-hybridized carbons (Fsp3) is 0.294. The van der Waals surface area contributed by atoms with Gasteiger partial charge in [0.2, 0.25) is 0 Å². The molecule has 0 radical (unpaired) electrons. The molecule has 18 heavy (non-hydrogen) atoms. The molecule has 0 aliphatic rings. The summed E-state index contributed by atoms with van der Waals surface area (Å²) >= 11 is 0. The molecule has 2 rings (SSSR count). The molecule has 1 heteroatoms. The van der Waals surface area contributed by atoms with Crippen molar-refractivity contribution in [3.05, 3.63) is 54.6 Å². The molecule has 0 amide bonds. The van der Waals surface area contributed by atoms with Crippen molar-refractivity contribution in [2.24, 2.45) is 0 Å². The third-order valence-electron chi connectivity index (χ3n) is 2.96. The minimum atomic E-state index is 0.812. The van der Waals surface area contributed by atoms with E-state index in [0.717, 1.165) is 18.8 Å². The summed E-state index contributed by atoms with van der Waals surface area (Å²) < 4.78 is 5.77. The molecule has 0 saturated heterocycles. The van der Waals surface area contributed by atoms with Crippen LogP contribution in [0, 0.1) is 0 Å². The van der Waals surface area contributed by atoms with Crippen LogP contribution in [-0.4, -0.2) is 6.61 Å². The molecule has 0 fully saturated rings. The molecular formula is C17H20O. The largest absolute Gasteiger partial charge is 0.494 e. The Hall–Kier alpha value is -1.76. The van der Waals surface area contributed by atoms with Crippen LogP contribution in [0.3, 0.4) is 0 Å². The van der Waals surface area contributed by atoms with E-state index in [1.54, 1.807) is 0 Å². The van der Waals surface area contributed by atoms with Gasteiger partial charge in [0.25, 0.3) is 0 Å². The van der Waals surface area contributed by atoms with E-state index in [2.05, 4.69) is 49.4 Å². The van der Waals surface area contributed by atoms with Gasteiger partial charge in [-0.25, -0.2) is 0 Å². The van der Waals surface area contributed by atoms with Crippen LogP contribution in [0.2, 0.25) is 0 Å². The predicted molar refractivity (Wildman–Crippen MR) is 76.9 cm³/mol. The lowest BCUT2D eigenvalue weighted by Crippen LogP contribution is -1.96. The van der Waals surface area contributed by atoms with Crippen molar-refractivity contribution in [3.8, 4) is 16.9 Å². The molecule has 0 aromatic heterocycles. The van der Waals surface area contributed by atoms with Crippen molar-refractivity contribution in [1.82, 2.24) is 0 Å². The van der Waals surface area contributed by atoms with Crippen LogP contribution in [0.4, 0.5) is 0 Å². The Kier molecular flexibility index (Phi) is 4.83. The molecule has 2 aromatic rings. The topological polar surface area (TPSA) is 9.23 Å². The summed E-state index contributed by atoms with van der Waals surface area (Å²) in [5.74, 6) is 0.965. The first-order chi connectivity index (χ1) is 8.90. The van der Waals surface area contributed by atoms with Gasteiger partial charge in [-0.3, -0.25) is 0 Å². The van der Waals surface area contributed by atoms with Gasteiger partial charge in [-0.1, -0.05) is 62.2 Å². The normalized spacial score (nSPS) is 10.3. The molecule has 0 aliphatic heterocycles. The van der Waals surface area contributed by atoms with Crippen LogP contribution in [0.1, 0.15) is 26.2 Å². The Balaban J connectivity index is 2.02. The lowest BCUT2D eigenvalue weighted by Gasteiger charge is -2.08. The molecule has 0 N–H and O–H groups in total. The molecule has 0 bridgehead atoms. The summed E-state index contributed by atoms with van der Waals surface area (Å²) in [7, 11) is 0. The van der Waals surface area contributed by atoms with E-state index >= 15 is 0 Å². The van der Waals surface area contributed by atoms with Gasteiger partial charge < -0.3 is 4.74 Å². The fourth-order valence-corrected chi connectivity index (χ4v) is 1.94. The smallest absolute Gasteiger partial charge is 0.119 e. The average molecular weight is 240 g/mol. The van der Waals surface area contributed by atoms with Gasteiger partial charge in [-0.15, -0.1) is 0 Å². The Morgan fingerprint density at radius 3 is 2.39 bits per heavy atom. The molecule has 0 aliphatic carbocycles. The second-order valence-electron chi connectivity index (χ2n) is 4.45. The maximum atomic E-state index is 5.77. The Morgan fingerprint density at radius 2 is 1.61 bits per heavy atom. The number of ether oxygens (including phenoxy) is 1. The highest BCUT2D eigenvalue weighted by atomic mass is 16.5. The van der Waals surface area contributed by atoms with Crippen molar-refractivity contribution in [3.63, 3.8) is 0 Å². The minimum absolute atomic E-state index is 0.812. The number of hydrogen-bond donors (Lipinski definition) is 0. The van der Waals surface area contributed by atoms with E-state index in [9.17, 15) is 0 Å². The maximum Gasteiger partial charge on any atom is 0.119 e. The number of benzene rings is 2. The predicted octanol–water partition coefficient (Wildman–Crippen LogP) is 4.92. The fourth-order valence-electron chi connectivity index (χ4n) is 1.94. The zero-order valence-corrected chi connectivity index (χ0v) is 10.9. The zero-order chi connectivity index (χ0) is 12.6. The van der Waals surface area contributed by atoms with Crippen molar-refractivity contribution >= 4 is 0 Å². The van der Waals surface area contributed by atoms with E-state index in [0.29, 0.717) is 0 Å². The van der Waals surface area contributed by atoms with Gasteiger partial charge in [0.15, 0.2) is 0 Å². The van der Waals surface area contributed by atoms with Crippen molar-refractivity contribution < 1.29 is 4.74 Å². The molecule has 0 saturated carbocycles. The van der Waals surface area contributed by atoms with E-state index < -0.39 is 0 Å². The van der Waals surface area contributed by atoms with Crippen molar-refractivity contribution in [2.45, 2.75) is 26.2 Å². The van der Waals surface area contributed by atoms with Gasteiger partial charge in [0.1, 0.15) is 5.75 Å².